The van der Waals surface area contributed by atoms with Crippen molar-refractivity contribution >= 4 is 10.2 Å². The van der Waals surface area contributed by atoms with Crippen molar-refractivity contribution in [1.82, 2.24) is 13.9 Å². The molecule has 1 unspecified atom stereocenters. The Balaban J connectivity index is 2.08. The summed E-state index contributed by atoms with van der Waals surface area (Å²) in [7, 11) is -3.26. The summed E-state index contributed by atoms with van der Waals surface area (Å²) in [4.78, 5) is 0. The van der Waals surface area contributed by atoms with E-state index in [1.807, 2.05) is 13.8 Å². The monoisotopic (exact) mass is 275 g/mol. The van der Waals surface area contributed by atoms with Crippen molar-refractivity contribution in [3.05, 3.63) is 0 Å². The molecule has 2 aliphatic rings. The Labute approximate surface area is 111 Å². The van der Waals surface area contributed by atoms with Crippen molar-refractivity contribution in [2.75, 3.05) is 26.2 Å². The third-order valence-electron chi connectivity index (χ3n) is 3.84. The molecule has 2 rings (SSSR count). The van der Waals surface area contributed by atoms with Crippen LogP contribution in [0, 0.1) is 0 Å². The molecule has 0 aromatic carbocycles. The minimum atomic E-state index is -3.26. The van der Waals surface area contributed by atoms with Crippen molar-refractivity contribution in [3.8, 4) is 0 Å². The van der Waals surface area contributed by atoms with Crippen LogP contribution in [0.4, 0.5) is 0 Å². The highest BCUT2D eigenvalue weighted by Gasteiger charge is 2.40. The summed E-state index contributed by atoms with van der Waals surface area (Å²) in [6.07, 6.45) is 4.30. The Bertz CT molecular complexity index is 358. The van der Waals surface area contributed by atoms with E-state index in [2.05, 4.69) is 5.32 Å². The fraction of sp³-hybridized carbons (Fsp3) is 1.00. The van der Waals surface area contributed by atoms with Gasteiger partial charge < -0.3 is 5.32 Å². The van der Waals surface area contributed by atoms with Crippen molar-refractivity contribution in [1.29, 1.82) is 0 Å². The first-order valence-electron chi connectivity index (χ1n) is 7.09. The fourth-order valence-electron chi connectivity index (χ4n) is 2.62. The Hall–Kier alpha value is -0.170. The van der Waals surface area contributed by atoms with Gasteiger partial charge in [-0.2, -0.15) is 17.0 Å². The van der Waals surface area contributed by atoms with Gasteiger partial charge in [-0.1, -0.05) is 13.8 Å². The summed E-state index contributed by atoms with van der Waals surface area (Å²) in [5, 5.41) is 3.39. The molecule has 18 heavy (non-hydrogen) atoms. The van der Waals surface area contributed by atoms with Gasteiger partial charge in [0.15, 0.2) is 0 Å². The molecule has 106 valence electrons. The molecule has 6 heteroatoms. The Morgan fingerprint density at radius 2 is 1.83 bits per heavy atom. The number of hydrogen-bond donors (Lipinski definition) is 1. The minimum Gasteiger partial charge on any atom is -0.313 e. The average Bonchev–Trinajstić information content (AvgIpc) is 3.04. The molecule has 0 radical (unpaired) electrons. The van der Waals surface area contributed by atoms with E-state index in [1.165, 1.54) is 0 Å². The molecule has 1 aliphatic heterocycles. The van der Waals surface area contributed by atoms with Crippen LogP contribution in [0.5, 0.6) is 0 Å². The SMILES string of the molecule is CCN(CC)S(=O)(=O)N(CC1CCCN1)C1CC1. The van der Waals surface area contributed by atoms with Crippen molar-refractivity contribution in [2.45, 2.75) is 51.6 Å². The van der Waals surface area contributed by atoms with Crippen LogP contribution < -0.4 is 5.32 Å². The first-order chi connectivity index (χ1) is 8.59. The molecule has 0 spiro atoms. The minimum absolute atomic E-state index is 0.248. The van der Waals surface area contributed by atoms with Crippen LogP contribution in [0.25, 0.3) is 0 Å². The summed E-state index contributed by atoms with van der Waals surface area (Å²) < 4.78 is 28.5. The highest BCUT2D eigenvalue weighted by Crippen LogP contribution is 2.31. The second-order valence-corrected chi connectivity index (χ2v) is 7.07. The predicted molar refractivity (Wildman–Crippen MR) is 72.6 cm³/mol. The quantitative estimate of drug-likeness (QED) is 0.747. The lowest BCUT2D eigenvalue weighted by atomic mass is 10.2. The van der Waals surface area contributed by atoms with Crippen LogP contribution in [0.1, 0.15) is 39.5 Å². The van der Waals surface area contributed by atoms with Gasteiger partial charge in [-0.05, 0) is 32.2 Å². The molecule has 1 saturated carbocycles. The molecular weight excluding hydrogens is 250 g/mol. The van der Waals surface area contributed by atoms with Gasteiger partial charge >= 0.3 is 0 Å². The summed E-state index contributed by atoms with van der Waals surface area (Å²) in [6, 6.07) is 0.592. The van der Waals surface area contributed by atoms with E-state index >= 15 is 0 Å². The van der Waals surface area contributed by atoms with Crippen molar-refractivity contribution in [3.63, 3.8) is 0 Å². The first kappa shape index (κ1) is 14.2. The molecule has 0 aromatic rings. The molecule has 1 atom stereocenters. The van der Waals surface area contributed by atoms with E-state index in [1.54, 1.807) is 8.61 Å². The molecule has 1 N–H and O–H groups in total. The maximum atomic E-state index is 12.6. The number of hydrogen-bond acceptors (Lipinski definition) is 3. The number of nitrogens with zero attached hydrogens (tertiary/aromatic N) is 2. The Morgan fingerprint density at radius 1 is 1.17 bits per heavy atom. The van der Waals surface area contributed by atoms with E-state index in [9.17, 15) is 8.42 Å². The first-order valence-corrected chi connectivity index (χ1v) is 8.49. The van der Waals surface area contributed by atoms with Gasteiger partial charge in [0, 0.05) is 31.7 Å². The standard InChI is InChI=1S/C12H25N3O2S/c1-3-14(4-2)18(16,17)15(12-7-8-12)10-11-6-5-9-13-11/h11-13H,3-10H2,1-2H3. The second kappa shape index (κ2) is 5.86. The Morgan fingerprint density at radius 3 is 2.28 bits per heavy atom. The van der Waals surface area contributed by atoms with Crippen LogP contribution in [0.2, 0.25) is 0 Å². The fourth-order valence-corrected chi connectivity index (χ4v) is 4.53. The largest absolute Gasteiger partial charge is 0.313 e. The van der Waals surface area contributed by atoms with E-state index in [4.69, 9.17) is 0 Å². The lowest BCUT2D eigenvalue weighted by molar-refractivity contribution is 0.320. The van der Waals surface area contributed by atoms with Crippen molar-refractivity contribution in [2.24, 2.45) is 0 Å². The molecule has 1 aliphatic carbocycles. The third kappa shape index (κ3) is 3.04. The Kier molecular flexibility index (Phi) is 4.64. The molecule has 2 fully saturated rings. The topological polar surface area (TPSA) is 52.7 Å². The van der Waals surface area contributed by atoms with E-state index in [0.29, 0.717) is 25.7 Å². The van der Waals surface area contributed by atoms with Gasteiger partial charge in [-0.3, -0.25) is 0 Å². The zero-order valence-electron chi connectivity index (χ0n) is 11.4. The van der Waals surface area contributed by atoms with Crippen LogP contribution in [0.3, 0.4) is 0 Å². The zero-order chi connectivity index (χ0) is 13.2. The number of rotatable bonds is 7. The van der Waals surface area contributed by atoms with Crippen molar-refractivity contribution < 1.29 is 8.42 Å². The van der Waals surface area contributed by atoms with E-state index in [0.717, 1.165) is 32.2 Å². The van der Waals surface area contributed by atoms with Crippen LogP contribution >= 0.6 is 0 Å². The normalized spacial score (nSPS) is 25.2. The molecule has 0 aromatic heterocycles. The molecule has 5 nitrogen and oxygen atoms in total. The van der Waals surface area contributed by atoms with Gasteiger partial charge in [-0.15, -0.1) is 0 Å². The molecule has 1 saturated heterocycles. The second-order valence-electron chi connectivity index (χ2n) is 5.19. The van der Waals surface area contributed by atoms with Gasteiger partial charge in [0.1, 0.15) is 0 Å². The molecule has 0 bridgehead atoms. The number of nitrogens with one attached hydrogen (secondary N) is 1. The van der Waals surface area contributed by atoms with Gasteiger partial charge in [0.05, 0.1) is 0 Å². The maximum Gasteiger partial charge on any atom is 0.282 e. The average molecular weight is 275 g/mol. The van der Waals surface area contributed by atoms with Gasteiger partial charge in [-0.25, -0.2) is 0 Å². The van der Waals surface area contributed by atoms with E-state index in [-0.39, 0.29) is 6.04 Å². The summed E-state index contributed by atoms with van der Waals surface area (Å²) in [6.45, 7) is 6.58. The molecular formula is C12H25N3O2S. The summed E-state index contributed by atoms with van der Waals surface area (Å²) >= 11 is 0. The lowest BCUT2D eigenvalue weighted by Gasteiger charge is -2.30. The van der Waals surface area contributed by atoms with Crippen LogP contribution in [0.15, 0.2) is 0 Å². The molecule has 0 amide bonds. The zero-order valence-corrected chi connectivity index (χ0v) is 12.2. The highest BCUT2D eigenvalue weighted by molar-refractivity contribution is 7.86. The smallest absolute Gasteiger partial charge is 0.282 e. The summed E-state index contributed by atoms with van der Waals surface area (Å²) in [5.74, 6) is 0. The lowest BCUT2D eigenvalue weighted by Crippen LogP contribution is -2.49. The van der Waals surface area contributed by atoms with Crippen LogP contribution in [-0.2, 0) is 10.2 Å². The highest BCUT2D eigenvalue weighted by atomic mass is 32.2. The van der Waals surface area contributed by atoms with Gasteiger partial charge in [0.2, 0.25) is 0 Å². The molecule has 1 heterocycles. The third-order valence-corrected chi connectivity index (χ3v) is 6.05. The maximum absolute atomic E-state index is 12.6. The van der Waals surface area contributed by atoms with Gasteiger partial charge in [0.25, 0.3) is 10.2 Å². The summed E-state index contributed by atoms with van der Waals surface area (Å²) in [5.41, 5.74) is 0. The van der Waals surface area contributed by atoms with Crippen LogP contribution in [-0.4, -0.2) is 55.3 Å². The van der Waals surface area contributed by atoms with E-state index < -0.39 is 10.2 Å². The predicted octanol–water partition coefficient (Wildman–Crippen LogP) is 0.789.